The number of amides is 2. The van der Waals surface area contributed by atoms with Crippen molar-refractivity contribution in [3.63, 3.8) is 0 Å². The highest BCUT2D eigenvalue weighted by molar-refractivity contribution is 9.10. The summed E-state index contributed by atoms with van der Waals surface area (Å²) in [6.45, 7) is 10.4. The first-order chi connectivity index (χ1) is 17.8. The predicted octanol–water partition coefficient (Wildman–Crippen LogP) is 5.76. The third kappa shape index (κ3) is 6.23. The molecule has 0 aliphatic carbocycles. The van der Waals surface area contributed by atoms with Crippen LogP contribution in [0.1, 0.15) is 73.9 Å². The quantitative estimate of drug-likeness (QED) is 0.399. The molecule has 0 bridgehead atoms. The second-order valence-electron chi connectivity index (χ2n) is 10.8. The summed E-state index contributed by atoms with van der Waals surface area (Å²) in [6.07, 6.45) is 3.07. The Kier molecular flexibility index (Phi) is 8.23. The molecule has 1 aliphatic heterocycles. The first-order valence-corrected chi connectivity index (χ1v) is 13.8. The third-order valence-corrected chi connectivity index (χ3v) is 8.13. The summed E-state index contributed by atoms with van der Waals surface area (Å²) in [5.74, 6) is 0.214. The monoisotopic (exact) mass is 604 g/mol. The number of carbonyl (C=O) groups excluding carboxylic acids is 2. The van der Waals surface area contributed by atoms with E-state index in [0.717, 1.165) is 40.1 Å². The average Bonchev–Trinajstić information content (AvgIpc) is 3.44. The molecule has 1 aromatic carbocycles. The second kappa shape index (κ2) is 11.1. The zero-order valence-corrected chi connectivity index (χ0v) is 24.9. The van der Waals surface area contributed by atoms with Gasteiger partial charge in [-0.3, -0.25) is 4.79 Å². The lowest BCUT2D eigenvalue weighted by atomic mass is 9.89. The van der Waals surface area contributed by atoms with Gasteiger partial charge in [-0.25, -0.2) is 9.48 Å². The molecular weight excluding hydrogens is 572 g/mol. The first-order valence-electron chi connectivity index (χ1n) is 12.6. The third-order valence-electron chi connectivity index (χ3n) is 6.91. The molecule has 1 aliphatic rings. The molecule has 11 heteroatoms. The van der Waals surface area contributed by atoms with Gasteiger partial charge in [-0.1, -0.05) is 16.8 Å². The Hall–Kier alpha value is -2.85. The van der Waals surface area contributed by atoms with E-state index >= 15 is 0 Å². The van der Waals surface area contributed by atoms with E-state index in [2.05, 4.69) is 38.5 Å². The van der Waals surface area contributed by atoms with Gasteiger partial charge < -0.3 is 19.5 Å². The van der Waals surface area contributed by atoms with Gasteiger partial charge in [0.05, 0.1) is 34.7 Å². The molecule has 1 N–H and O–H groups in total. The maximum Gasteiger partial charge on any atom is 0.407 e. The smallest absolute Gasteiger partial charge is 0.407 e. The Morgan fingerprint density at radius 3 is 2.66 bits per heavy atom. The van der Waals surface area contributed by atoms with Crippen LogP contribution in [0.25, 0.3) is 5.69 Å². The zero-order chi connectivity index (χ0) is 27.8. The standard InChI is InChI=1S/C27H34BrClN6O3/c1-16-11-18(24-15-35(32-31-24)19-7-8-23(29)22(28)13-19)9-10-34(16)25(36)21-12-20(33(6)17(21)2)14-30-26(37)38-27(3,4)5/h7-8,12-13,15-16,18H,9-11,14H2,1-6H3,(H,30,37). The van der Waals surface area contributed by atoms with Crippen LogP contribution in [0.4, 0.5) is 4.79 Å². The van der Waals surface area contributed by atoms with E-state index in [-0.39, 0.29) is 24.4 Å². The van der Waals surface area contributed by atoms with Crippen molar-refractivity contribution < 1.29 is 14.3 Å². The number of rotatable bonds is 5. The van der Waals surface area contributed by atoms with Crippen molar-refractivity contribution in [1.29, 1.82) is 0 Å². The number of carbonyl (C=O) groups is 2. The van der Waals surface area contributed by atoms with Crippen LogP contribution in [0.15, 0.2) is 34.9 Å². The van der Waals surface area contributed by atoms with Crippen LogP contribution in [0.5, 0.6) is 0 Å². The summed E-state index contributed by atoms with van der Waals surface area (Å²) in [6, 6.07) is 7.53. The maximum absolute atomic E-state index is 13.6. The number of nitrogens with one attached hydrogen (secondary N) is 1. The van der Waals surface area contributed by atoms with Gasteiger partial charge >= 0.3 is 6.09 Å². The van der Waals surface area contributed by atoms with Gasteiger partial charge in [0.1, 0.15) is 5.60 Å². The van der Waals surface area contributed by atoms with Crippen LogP contribution in [0.3, 0.4) is 0 Å². The number of likely N-dealkylation sites (tertiary alicyclic amines) is 1. The van der Waals surface area contributed by atoms with E-state index in [9.17, 15) is 9.59 Å². The van der Waals surface area contributed by atoms with Gasteiger partial charge in [-0.15, -0.1) is 5.10 Å². The molecule has 9 nitrogen and oxygen atoms in total. The molecule has 1 saturated heterocycles. The molecule has 1 fully saturated rings. The maximum atomic E-state index is 13.6. The van der Waals surface area contributed by atoms with E-state index in [4.69, 9.17) is 16.3 Å². The van der Waals surface area contributed by atoms with Crippen LogP contribution in [0.2, 0.25) is 5.02 Å². The summed E-state index contributed by atoms with van der Waals surface area (Å²) in [5, 5.41) is 12.2. The highest BCUT2D eigenvalue weighted by Gasteiger charge is 2.33. The Morgan fingerprint density at radius 2 is 2.00 bits per heavy atom. The molecule has 2 unspecified atom stereocenters. The Bertz CT molecular complexity index is 1350. The van der Waals surface area contributed by atoms with E-state index in [0.29, 0.717) is 17.1 Å². The molecule has 0 saturated carbocycles. The minimum absolute atomic E-state index is 0.00207. The number of halogens is 2. The molecule has 38 heavy (non-hydrogen) atoms. The lowest BCUT2D eigenvalue weighted by Crippen LogP contribution is -2.44. The summed E-state index contributed by atoms with van der Waals surface area (Å²) in [7, 11) is 1.90. The SMILES string of the molecule is Cc1c(C(=O)N2CCC(c3cn(-c4ccc(Cl)c(Br)c4)nn3)CC2C)cc(CNC(=O)OC(C)(C)C)n1C. The van der Waals surface area contributed by atoms with Crippen LogP contribution >= 0.6 is 27.5 Å². The normalized spacial score (nSPS) is 17.9. The fourth-order valence-electron chi connectivity index (χ4n) is 4.74. The van der Waals surface area contributed by atoms with Gasteiger partial charge in [-0.2, -0.15) is 0 Å². The largest absolute Gasteiger partial charge is 0.444 e. The number of piperidine rings is 1. The van der Waals surface area contributed by atoms with Crippen molar-refractivity contribution >= 4 is 39.5 Å². The van der Waals surface area contributed by atoms with E-state index < -0.39 is 11.7 Å². The van der Waals surface area contributed by atoms with Crippen molar-refractivity contribution in [2.45, 2.75) is 71.6 Å². The van der Waals surface area contributed by atoms with Crippen molar-refractivity contribution in [3.05, 3.63) is 62.6 Å². The molecule has 0 radical (unpaired) electrons. The van der Waals surface area contributed by atoms with Crippen molar-refractivity contribution in [2.24, 2.45) is 7.05 Å². The molecule has 3 heterocycles. The predicted molar refractivity (Wildman–Crippen MR) is 150 cm³/mol. The molecular formula is C27H34BrClN6O3. The molecule has 2 aromatic heterocycles. The highest BCUT2D eigenvalue weighted by atomic mass is 79.9. The minimum Gasteiger partial charge on any atom is -0.444 e. The number of benzene rings is 1. The fourth-order valence-corrected chi connectivity index (χ4v) is 5.23. The van der Waals surface area contributed by atoms with Crippen LogP contribution in [-0.2, 0) is 18.3 Å². The van der Waals surface area contributed by atoms with Gasteiger partial charge in [0.25, 0.3) is 5.91 Å². The number of hydrogen-bond donors (Lipinski definition) is 1. The second-order valence-corrected chi connectivity index (χ2v) is 12.1. The van der Waals surface area contributed by atoms with E-state index in [1.165, 1.54) is 0 Å². The van der Waals surface area contributed by atoms with Gasteiger partial charge in [0.15, 0.2) is 0 Å². The first kappa shape index (κ1) is 28.2. The van der Waals surface area contributed by atoms with Crippen molar-refractivity contribution in [3.8, 4) is 5.69 Å². The number of nitrogens with zero attached hydrogens (tertiary/aromatic N) is 5. The number of hydrogen-bond acceptors (Lipinski definition) is 5. The average molecular weight is 606 g/mol. The Balaban J connectivity index is 1.41. The zero-order valence-electron chi connectivity index (χ0n) is 22.6. The lowest BCUT2D eigenvalue weighted by molar-refractivity contribution is 0.0521. The summed E-state index contributed by atoms with van der Waals surface area (Å²) < 4.78 is 9.81. The van der Waals surface area contributed by atoms with Crippen LogP contribution < -0.4 is 5.32 Å². The van der Waals surface area contributed by atoms with E-state index in [1.807, 2.05) is 74.7 Å². The number of alkyl carbamates (subject to hydrolysis) is 1. The Labute approximate surface area is 236 Å². The van der Waals surface area contributed by atoms with Gasteiger partial charge in [0, 0.05) is 41.4 Å². The summed E-state index contributed by atoms with van der Waals surface area (Å²) in [4.78, 5) is 27.6. The van der Waals surface area contributed by atoms with Gasteiger partial charge in [0.2, 0.25) is 0 Å². The van der Waals surface area contributed by atoms with Crippen LogP contribution in [-0.4, -0.2) is 54.6 Å². The summed E-state index contributed by atoms with van der Waals surface area (Å²) >= 11 is 9.57. The van der Waals surface area contributed by atoms with Crippen molar-refractivity contribution in [1.82, 2.24) is 29.8 Å². The van der Waals surface area contributed by atoms with Gasteiger partial charge in [-0.05, 0) is 87.7 Å². The highest BCUT2D eigenvalue weighted by Crippen LogP contribution is 2.32. The molecule has 2 atom stereocenters. The molecule has 4 rings (SSSR count). The van der Waals surface area contributed by atoms with Crippen LogP contribution in [0, 0.1) is 6.92 Å². The topological polar surface area (TPSA) is 94.3 Å². The minimum atomic E-state index is -0.571. The number of ether oxygens (including phenoxy) is 1. The molecule has 3 aromatic rings. The molecule has 2 amide bonds. The Morgan fingerprint density at radius 1 is 1.26 bits per heavy atom. The lowest BCUT2D eigenvalue weighted by Gasteiger charge is -2.37. The van der Waals surface area contributed by atoms with Crippen molar-refractivity contribution in [2.75, 3.05) is 6.54 Å². The number of aromatic nitrogens is 4. The molecule has 204 valence electrons. The van der Waals surface area contributed by atoms with E-state index in [1.54, 1.807) is 4.68 Å². The summed E-state index contributed by atoms with van der Waals surface area (Å²) in [5.41, 5.74) is 3.57. The fraction of sp³-hybridized carbons (Fsp3) is 0.481. The molecule has 0 spiro atoms.